The van der Waals surface area contributed by atoms with Gasteiger partial charge in [0.05, 0.1) is 29.4 Å². The number of imide groups is 1. The van der Waals surface area contributed by atoms with E-state index in [1.165, 1.54) is 17.0 Å². The summed E-state index contributed by atoms with van der Waals surface area (Å²) in [7, 11) is 0. The number of carbonyl (C=O) groups is 4. The predicted molar refractivity (Wildman–Crippen MR) is 217 cm³/mol. The molecule has 0 radical (unpaired) electrons. The second kappa shape index (κ2) is 17.7. The molecule has 3 aromatic rings. The van der Waals surface area contributed by atoms with Crippen molar-refractivity contribution in [2.75, 3.05) is 59.8 Å². The molecular formula is C41H42F6N8O5S. The van der Waals surface area contributed by atoms with Gasteiger partial charge in [-0.15, -0.1) is 0 Å². The summed E-state index contributed by atoms with van der Waals surface area (Å²) in [5.74, 6) is -1.64. The van der Waals surface area contributed by atoms with Gasteiger partial charge in [0.2, 0.25) is 17.7 Å². The maximum Gasteiger partial charge on any atom is 0.417 e. The molecule has 3 heterocycles. The molecule has 61 heavy (non-hydrogen) atoms. The number of hydrogen-bond acceptors (Lipinski definition) is 10. The van der Waals surface area contributed by atoms with Crippen molar-refractivity contribution in [1.29, 1.82) is 5.26 Å². The Morgan fingerprint density at radius 2 is 1.72 bits per heavy atom. The van der Waals surface area contributed by atoms with E-state index in [1.807, 2.05) is 6.92 Å². The molecule has 0 aliphatic carbocycles. The fourth-order valence-corrected chi connectivity index (χ4v) is 8.07. The van der Waals surface area contributed by atoms with Crippen molar-refractivity contribution >= 4 is 63.7 Å². The Kier molecular flexibility index (Phi) is 13.0. The monoisotopic (exact) mass is 872 g/mol. The van der Waals surface area contributed by atoms with Crippen LogP contribution < -0.4 is 30.5 Å². The summed E-state index contributed by atoms with van der Waals surface area (Å²) in [6.45, 7) is 4.43. The Balaban J connectivity index is 1.06. The number of nitrogens with one attached hydrogen (secondary N) is 3. The highest BCUT2D eigenvalue weighted by atomic mass is 32.1. The van der Waals surface area contributed by atoms with Crippen LogP contribution in [-0.2, 0) is 31.8 Å². The van der Waals surface area contributed by atoms with Gasteiger partial charge in [0.1, 0.15) is 30.0 Å². The Bertz CT molecular complexity index is 2260. The van der Waals surface area contributed by atoms with E-state index in [-0.39, 0.29) is 55.8 Å². The normalized spacial score (nSPS) is 20.1. The highest BCUT2D eigenvalue weighted by molar-refractivity contribution is 7.81. The van der Waals surface area contributed by atoms with Crippen molar-refractivity contribution in [2.45, 2.75) is 70.0 Å². The molecule has 20 heteroatoms. The summed E-state index contributed by atoms with van der Waals surface area (Å²) in [6, 6.07) is 13.3. The molecule has 4 amide bonds. The third-order valence-electron chi connectivity index (χ3n) is 10.7. The highest BCUT2D eigenvalue weighted by Crippen LogP contribution is 2.41. The van der Waals surface area contributed by atoms with Crippen LogP contribution in [-0.4, -0.2) is 102 Å². The number of piperazine rings is 1. The number of rotatable bonds is 12. The Morgan fingerprint density at radius 3 is 2.39 bits per heavy atom. The predicted octanol–water partition coefficient (Wildman–Crippen LogP) is 5.84. The maximum absolute atomic E-state index is 14.4. The van der Waals surface area contributed by atoms with Crippen molar-refractivity contribution in [1.82, 2.24) is 15.1 Å². The molecule has 3 N–H and O–H groups in total. The van der Waals surface area contributed by atoms with Crippen LogP contribution in [0.25, 0.3) is 0 Å². The standard InChI is InChI=1S/C41H42F6N8O5S/c1-4-24-18-29(55-38(61)54(37(59)39(55,2)3)28-9-8-25(21-48)30(20-28)40(42,43)44)10-12-32(24)60-17-16-52-14-15-53(33(22-52)41(45,46)47)23-35(57)50-27-7-5-6-26(19-27)49-31-11-13-34(56)51-36(31)58/h5-10,12,18-20,31,33,49H,4,11,13-17,22-23H2,1-3H3,(H,50,57)(H,51,56,58). The average Bonchev–Trinajstić information content (AvgIpc) is 3.37. The lowest BCUT2D eigenvalue weighted by molar-refractivity contribution is -0.197. The quantitative estimate of drug-likeness (QED) is 0.115. The lowest BCUT2D eigenvalue weighted by Gasteiger charge is -2.41. The molecule has 13 nitrogen and oxygen atoms in total. The van der Waals surface area contributed by atoms with Gasteiger partial charge in [-0.25, -0.2) is 0 Å². The van der Waals surface area contributed by atoms with E-state index in [9.17, 15) is 50.8 Å². The minimum atomic E-state index is -4.85. The van der Waals surface area contributed by atoms with Gasteiger partial charge in [0.15, 0.2) is 5.11 Å². The first-order valence-corrected chi connectivity index (χ1v) is 19.7. The number of halogens is 6. The van der Waals surface area contributed by atoms with Crippen molar-refractivity contribution in [3.8, 4) is 11.8 Å². The molecule has 2 unspecified atom stereocenters. The Hall–Kier alpha value is -5.78. The maximum atomic E-state index is 14.4. The first-order chi connectivity index (χ1) is 28.7. The SMILES string of the molecule is CCc1cc(N2C(=S)N(c3ccc(C#N)c(C(F)(F)F)c3)C(=O)C2(C)C)ccc1OCCN1CCN(CC(=O)Nc2cccc(NC3CCC(=O)NC3=O)c2)C(C(F)(F)F)C1. The first kappa shape index (κ1) is 44.8. The van der Waals surface area contributed by atoms with Gasteiger partial charge >= 0.3 is 12.4 Å². The van der Waals surface area contributed by atoms with Gasteiger partial charge in [-0.05, 0) is 99.1 Å². The number of nitriles is 1. The molecule has 0 saturated carbocycles. The van der Waals surface area contributed by atoms with Crippen molar-refractivity contribution in [3.05, 3.63) is 77.4 Å². The summed E-state index contributed by atoms with van der Waals surface area (Å²) in [5, 5.41) is 17.0. The van der Waals surface area contributed by atoms with Gasteiger partial charge in [-0.3, -0.25) is 39.2 Å². The van der Waals surface area contributed by atoms with Gasteiger partial charge in [0.25, 0.3) is 5.91 Å². The van der Waals surface area contributed by atoms with Crippen LogP contribution in [0.1, 0.15) is 50.3 Å². The Morgan fingerprint density at radius 1 is 1.00 bits per heavy atom. The minimum absolute atomic E-state index is 0.0285. The molecule has 6 rings (SSSR count). The van der Waals surface area contributed by atoms with Crippen molar-refractivity contribution < 1.29 is 50.3 Å². The molecule has 0 aromatic heterocycles. The van der Waals surface area contributed by atoms with Crippen molar-refractivity contribution in [2.24, 2.45) is 0 Å². The molecule has 0 bridgehead atoms. The largest absolute Gasteiger partial charge is 0.492 e. The molecule has 0 spiro atoms. The fourth-order valence-electron chi connectivity index (χ4n) is 7.55. The number of thiocarbonyl (C=S) groups is 1. The molecule has 324 valence electrons. The average molecular weight is 873 g/mol. The second-order valence-corrected chi connectivity index (χ2v) is 15.6. The number of piperidine rings is 1. The van der Waals surface area contributed by atoms with E-state index in [4.69, 9.17) is 17.0 Å². The van der Waals surface area contributed by atoms with E-state index in [1.54, 1.807) is 61.2 Å². The van der Waals surface area contributed by atoms with Crippen LogP contribution >= 0.6 is 12.2 Å². The van der Waals surface area contributed by atoms with E-state index >= 15 is 0 Å². The number of benzene rings is 3. The van der Waals surface area contributed by atoms with Crippen LogP contribution in [0, 0.1) is 11.3 Å². The van der Waals surface area contributed by atoms with E-state index in [2.05, 4.69) is 16.0 Å². The zero-order valence-corrected chi connectivity index (χ0v) is 34.1. The van der Waals surface area contributed by atoms with E-state index in [0.717, 1.165) is 21.9 Å². The molecule has 3 aliphatic rings. The number of ether oxygens (including phenoxy) is 1. The van der Waals surface area contributed by atoms with Crippen LogP contribution in [0.4, 0.5) is 49.1 Å². The highest BCUT2D eigenvalue weighted by Gasteiger charge is 2.51. The van der Waals surface area contributed by atoms with Gasteiger partial charge in [-0.2, -0.15) is 31.6 Å². The third-order valence-corrected chi connectivity index (χ3v) is 11.1. The topological polar surface area (TPSA) is 150 Å². The van der Waals surface area contributed by atoms with Crippen molar-refractivity contribution in [3.63, 3.8) is 0 Å². The number of aryl methyl sites for hydroxylation is 1. The van der Waals surface area contributed by atoms with Gasteiger partial charge in [0, 0.05) is 49.7 Å². The fraction of sp³-hybridized carbons (Fsp3) is 0.415. The van der Waals surface area contributed by atoms with Gasteiger partial charge < -0.3 is 20.3 Å². The van der Waals surface area contributed by atoms with Crippen LogP contribution in [0.15, 0.2) is 60.7 Å². The Labute approximate surface area is 352 Å². The smallest absolute Gasteiger partial charge is 0.417 e. The first-order valence-electron chi connectivity index (χ1n) is 19.3. The number of alkyl halides is 6. The van der Waals surface area contributed by atoms with E-state index < -0.39 is 71.9 Å². The zero-order chi connectivity index (χ0) is 44.4. The number of hydrogen-bond donors (Lipinski definition) is 3. The summed E-state index contributed by atoms with van der Waals surface area (Å²) < 4.78 is 90.5. The van der Waals surface area contributed by atoms with Gasteiger partial charge in [-0.1, -0.05) is 13.0 Å². The molecular weight excluding hydrogens is 831 g/mol. The zero-order valence-electron chi connectivity index (χ0n) is 33.2. The number of anilines is 4. The lowest BCUT2D eigenvalue weighted by atomic mass is 10.0. The number of amides is 4. The summed E-state index contributed by atoms with van der Waals surface area (Å²) in [6.07, 6.45) is -8.59. The van der Waals surface area contributed by atoms with Crippen LogP contribution in [0.3, 0.4) is 0 Å². The van der Waals surface area contributed by atoms with Crippen LogP contribution in [0.2, 0.25) is 0 Å². The number of nitrogens with zero attached hydrogens (tertiary/aromatic N) is 5. The molecule has 2 atom stereocenters. The minimum Gasteiger partial charge on any atom is -0.492 e. The molecule has 3 saturated heterocycles. The summed E-state index contributed by atoms with van der Waals surface area (Å²) >= 11 is 5.66. The van der Waals surface area contributed by atoms with E-state index in [0.29, 0.717) is 34.8 Å². The summed E-state index contributed by atoms with van der Waals surface area (Å²) in [4.78, 5) is 55.5. The number of carbonyl (C=O) groups excluding carboxylic acids is 4. The second-order valence-electron chi connectivity index (χ2n) is 15.3. The van der Waals surface area contributed by atoms with Crippen LogP contribution in [0.5, 0.6) is 5.75 Å². The lowest BCUT2D eigenvalue weighted by Crippen LogP contribution is -2.60. The molecule has 3 aliphatic heterocycles. The molecule has 3 aromatic carbocycles. The summed E-state index contributed by atoms with van der Waals surface area (Å²) in [5.41, 5.74) is -1.32. The molecule has 3 fully saturated rings. The third kappa shape index (κ3) is 9.90.